The van der Waals surface area contributed by atoms with Crippen LogP contribution in [0.3, 0.4) is 0 Å². The zero-order chi connectivity index (χ0) is 13.1. The van der Waals surface area contributed by atoms with Crippen LogP contribution in [0.2, 0.25) is 0 Å². The van der Waals surface area contributed by atoms with Crippen LogP contribution in [0.4, 0.5) is 0 Å². The summed E-state index contributed by atoms with van der Waals surface area (Å²) in [6.45, 7) is 5.28. The fourth-order valence-corrected chi connectivity index (χ4v) is 3.01. The van der Waals surface area contributed by atoms with Gasteiger partial charge in [-0.15, -0.1) is 0 Å². The standard InChI is InChI=1S/C15H22N2O2/c16-9-13-11-17(6-8-18-13)10-12-5-7-19-15-4-2-1-3-14(12)15/h1-4,12-13H,5-11,16H2. The zero-order valence-electron chi connectivity index (χ0n) is 11.3. The van der Waals surface area contributed by atoms with Gasteiger partial charge in [0, 0.05) is 32.1 Å². The molecule has 0 bridgehead atoms. The van der Waals surface area contributed by atoms with Crippen molar-refractivity contribution >= 4 is 0 Å². The zero-order valence-corrected chi connectivity index (χ0v) is 11.3. The first-order valence-corrected chi connectivity index (χ1v) is 7.12. The van der Waals surface area contributed by atoms with E-state index in [4.69, 9.17) is 15.2 Å². The van der Waals surface area contributed by atoms with Crippen LogP contribution >= 0.6 is 0 Å². The molecule has 2 unspecified atom stereocenters. The summed E-state index contributed by atoms with van der Waals surface area (Å²) in [6, 6.07) is 8.41. The second-order valence-electron chi connectivity index (χ2n) is 5.36. The lowest BCUT2D eigenvalue weighted by atomic mass is 9.92. The predicted molar refractivity (Wildman–Crippen MR) is 74.5 cm³/mol. The van der Waals surface area contributed by atoms with Crippen molar-refractivity contribution < 1.29 is 9.47 Å². The van der Waals surface area contributed by atoms with E-state index in [1.54, 1.807) is 0 Å². The summed E-state index contributed by atoms with van der Waals surface area (Å²) >= 11 is 0. The molecule has 19 heavy (non-hydrogen) atoms. The Morgan fingerprint density at radius 3 is 3.05 bits per heavy atom. The van der Waals surface area contributed by atoms with E-state index in [2.05, 4.69) is 23.1 Å². The predicted octanol–water partition coefficient (Wildman–Crippen LogP) is 1.21. The number of para-hydroxylation sites is 1. The molecule has 1 fully saturated rings. The van der Waals surface area contributed by atoms with Gasteiger partial charge in [0.2, 0.25) is 0 Å². The molecule has 2 N–H and O–H groups in total. The first-order chi connectivity index (χ1) is 9.36. The molecule has 3 rings (SSSR count). The van der Waals surface area contributed by atoms with Gasteiger partial charge in [-0.1, -0.05) is 18.2 Å². The SMILES string of the molecule is NCC1CN(CC2CCOc3ccccc32)CCO1. The molecule has 0 amide bonds. The van der Waals surface area contributed by atoms with Gasteiger partial charge in [0.1, 0.15) is 5.75 Å². The Balaban J connectivity index is 1.67. The van der Waals surface area contributed by atoms with Gasteiger partial charge >= 0.3 is 0 Å². The van der Waals surface area contributed by atoms with E-state index in [9.17, 15) is 0 Å². The van der Waals surface area contributed by atoms with Crippen LogP contribution in [0, 0.1) is 0 Å². The van der Waals surface area contributed by atoms with Crippen molar-refractivity contribution in [1.82, 2.24) is 4.90 Å². The lowest BCUT2D eigenvalue weighted by molar-refractivity contribution is -0.0259. The molecule has 2 heterocycles. The Hall–Kier alpha value is -1.10. The molecule has 2 atom stereocenters. The molecule has 1 aromatic rings. The van der Waals surface area contributed by atoms with E-state index >= 15 is 0 Å². The van der Waals surface area contributed by atoms with E-state index in [-0.39, 0.29) is 6.10 Å². The van der Waals surface area contributed by atoms with Crippen LogP contribution in [0.15, 0.2) is 24.3 Å². The van der Waals surface area contributed by atoms with Crippen molar-refractivity contribution in [2.24, 2.45) is 5.73 Å². The summed E-state index contributed by atoms with van der Waals surface area (Å²) < 4.78 is 11.3. The molecule has 0 radical (unpaired) electrons. The number of benzene rings is 1. The number of morpholine rings is 1. The molecule has 4 nitrogen and oxygen atoms in total. The van der Waals surface area contributed by atoms with Gasteiger partial charge in [-0.05, 0) is 18.1 Å². The first kappa shape index (κ1) is 12.9. The maximum Gasteiger partial charge on any atom is 0.122 e. The minimum absolute atomic E-state index is 0.198. The molecule has 0 saturated carbocycles. The van der Waals surface area contributed by atoms with Crippen LogP contribution in [-0.4, -0.2) is 50.4 Å². The Morgan fingerprint density at radius 1 is 1.26 bits per heavy atom. The molecular weight excluding hydrogens is 240 g/mol. The smallest absolute Gasteiger partial charge is 0.122 e. The minimum atomic E-state index is 0.198. The summed E-state index contributed by atoms with van der Waals surface area (Å²) in [6.07, 6.45) is 1.30. The number of fused-ring (bicyclic) bond motifs is 1. The molecule has 0 aliphatic carbocycles. The number of ether oxygens (including phenoxy) is 2. The molecule has 0 spiro atoms. The van der Waals surface area contributed by atoms with E-state index in [1.165, 1.54) is 5.56 Å². The van der Waals surface area contributed by atoms with Gasteiger partial charge in [0.05, 0.1) is 19.3 Å². The van der Waals surface area contributed by atoms with Crippen molar-refractivity contribution in [1.29, 1.82) is 0 Å². The normalized spacial score (nSPS) is 27.6. The quantitative estimate of drug-likeness (QED) is 0.889. The Labute approximate surface area is 114 Å². The van der Waals surface area contributed by atoms with Crippen molar-refractivity contribution in [3.63, 3.8) is 0 Å². The maximum atomic E-state index is 5.72. The number of nitrogens with two attached hydrogens (primary N) is 1. The Bertz CT molecular complexity index is 424. The fraction of sp³-hybridized carbons (Fsp3) is 0.600. The lowest BCUT2D eigenvalue weighted by Crippen LogP contribution is -2.47. The van der Waals surface area contributed by atoms with Crippen molar-refractivity contribution in [3.8, 4) is 5.75 Å². The number of rotatable bonds is 3. The number of hydrogen-bond donors (Lipinski definition) is 1. The minimum Gasteiger partial charge on any atom is -0.493 e. The summed E-state index contributed by atoms with van der Waals surface area (Å²) in [5, 5.41) is 0. The van der Waals surface area contributed by atoms with Gasteiger partial charge in [-0.2, -0.15) is 0 Å². The van der Waals surface area contributed by atoms with E-state index in [0.29, 0.717) is 12.5 Å². The molecule has 2 aliphatic rings. The molecule has 4 heteroatoms. The third-order valence-electron chi connectivity index (χ3n) is 4.05. The highest BCUT2D eigenvalue weighted by molar-refractivity contribution is 5.37. The molecular formula is C15H22N2O2. The van der Waals surface area contributed by atoms with Crippen LogP contribution in [0.25, 0.3) is 0 Å². The Morgan fingerprint density at radius 2 is 2.16 bits per heavy atom. The van der Waals surface area contributed by atoms with Crippen LogP contribution in [0.1, 0.15) is 17.9 Å². The third kappa shape index (κ3) is 2.91. The van der Waals surface area contributed by atoms with Gasteiger partial charge < -0.3 is 15.2 Å². The Kier molecular flexibility index (Phi) is 4.01. The average Bonchev–Trinajstić information content (AvgIpc) is 2.48. The van der Waals surface area contributed by atoms with Crippen molar-refractivity contribution in [3.05, 3.63) is 29.8 Å². The lowest BCUT2D eigenvalue weighted by Gasteiger charge is -2.36. The molecule has 1 saturated heterocycles. The van der Waals surface area contributed by atoms with E-state index in [0.717, 1.165) is 45.0 Å². The van der Waals surface area contributed by atoms with Crippen molar-refractivity contribution in [2.75, 3.05) is 39.4 Å². The van der Waals surface area contributed by atoms with Crippen molar-refractivity contribution in [2.45, 2.75) is 18.4 Å². The van der Waals surface area contributed by atoms with Crippen LogP contribution in [-0.2, 0) is 4.74 Å². The summed E-state index contributed by atoms with van der Waals surface area (Å²) in [7, 11) is 0. The largest absolute Gasteiger partial charge is 0.493 e. The number of nitrogens with zero attached hydrogens (tertiary/aromatic N) is 1. The molecule has 1 aromatic carbocycles. The summed E-state index contributed by atoms with van der Waals surface area (Å²) in [5.41, 5.74) is 7.05. The van der Waals surface area contributed by atoms with E-state index in [1.807, 2.05) is 6.07 Å². The van der Waals surface area contributed by atoms with Gasteiger partial charge in [-0.3, -0.25) is 4.90 Å². The van der Waals surface area contributed by atoms with Gasteiger partial charge in [-0.25, -0.2) is 0 Å². The molecule has 0 aromatic heterocycles. The average molecular weight is 262 g/mol. The molecule has 104 valence electrons. The third-order valence-corrected chi connectivity index (χ3v) is 4.05. The highest BCUT2D eigenvalue weighted by atomic mass is 16.5. The summed E-state index contributed by atoms with van der Waals surface area (Å²) in [4.78, 5) is 2.48. The fourth-order valence-electron chi connectivity index (χ4n) is 3.01. The van der Waals surface area contributed by atoms with Gasteiger partial charge in [0.15, 0.2) is 0 Å². The highest BCUT2D eigenvalue weighted by Crippen LogP contribution is 2.34. The maximum absolute atomic E-state index is 5.72. The highest BCUT2D eigenvalue weighted by Gasteiger charge is 2.26. The van der Waals surface area contributed by atoms with Crippen LogP contribution in [0.5, 0.6) is 5.75 Å². The van der Waals surface area contributed by atoms with Gasteiger partial charge in [0.25, 0.3) is 0 Å². The molecule has 2 aliphatic heterocycles. The topological polar surface area (TPSA) is 47.7 Å². The second kappa shape index (κ2) is 5.90. The first-order valence-electron chi connectivity index (χ1n) is 7.12. The van der Waals surface area contributed by atoms with Crippen LogP contribution < -0.4 is 10.5 Å². The summed E-state index contributed by atoms with van der Waals surface area (Å²) in [5.74, 6) is 1.63. The van der Waals surface area contributed by atoms with E-state index < -0.39 is 0 Å². The second-order valence-corrected chi connectivity index (χ2v) is 5.36. The monoisotopic (exact) mass is 262 g/mol. The number of hydrogen-bond acceptors (Lipinski definition) is 4.